The van der Waals surface area contributed by atoms with Gasteiger partial charge in [-0.2, -0.15) is 0 Å². The van der Waals surface area contributed by atoms with Crippen molar-refractivity contribution in [3.63, 3.8) is 0 Å². The van der Waals surface area contributed by atoms with Gasteiger partial charge in [0.25, 0.3) is 5.82 Å². The van der Waals surface area contributed by atoms with Crippen molar-refractivity contribution in [2.75, 3.05) is 6.61 Å². The van der Waals surface area contributed by atoms with Crippen molar-refractivity contribution in [3.05, 3.63) is 11.6 Å². The van der Waals surface area contributed by atoms with Crippen molar-refractivity contribution in [1.82, 2.24) is 15.2 Å². The van der Waals surface area contributed by atoms with E-state index in [2.05, 4.69) is 15.2 Å². The van der Waals surface area contributed by atoms with Crippen LogP contribution in [0, 0.1) is 0 Å². The Bertz CT molecular complexity index is 354. The minimum atomic E-state index is -0.503. The van der Waals surface area contributed by atoms with Crippen molar-refractivity contribution in [2.45, 2.75) is 39.2 Å². The number of ether oxygens (including phenoxy) is 1. The quantitative estimate of drug-likeness (QED) is 0.719. The number of nitrogens with one attached hydrogen (secondary N) is 1. The van der Waals surface area contributed by atoms with E-state index in [4.69, 9.17) is 10.5 Å². The molecule has 90 valence electrons. The number of carbonyl (C=O) groups is 1. The first kappa shape index (κ1) is 12.6. The predicted molar refractivity (Wildman–Crippen MR) is 58.9 cm³/mol. The van der Waals surface area contributed by atoms with E-state index in [-0.39, 0.29) is 11.4 Å². The first-order chi connectivity index (χ1) is 7.42. The fourth-order valence-electron chi connectivity index (χ4n) is 1.13. The summed E-state index contributed by atoms with van der Waals surface area (Å²) in [6.45, 7) is 5.94. The van der Waals surface area contributed by atoms with Crippen LogP contribution in [0.3, 0.4) is 0 Å². The fraction of sp³-hybridized carbons (Fsp3) is 0.700. The van der Waals surface area contributed by atoms with Crippen LogP contribution in [0.25, 0.3) is 0 Å². The van der Waals surface area contributed by atoms with E-state index in [9.17, 15) is 4.79 Å². The highest BCUT2D eigenvalue weighted by molar-refractivity contribution is 5.84. The second-order valence-corrected chi connectivity index (χ2v) is 4.31. The number of hydrogen-bond donors (Lipinski definition) is 2. The molecular formula is C10H18N4O2. The van der Waals surface area contributed by atoms with E-state index >= 15 is 0 Å². The average Bonchev–Trinajstić information content (AvgIpc) is 2.62. The maximum absolute atomic E-state index is 11.3. The Balaban J connectivity index is 2.55. The van der Waals surface area contributed by atoms with Crippen molar-refractivity contribution < 1.29 is 9.53 Å². The lowest BCUT2D eigenvalue weighted by Gasteiger charge is -2.16. The van der Waals surface area contributed by atoms with Crippen LogP contribution < -0.4 is 5.73 Å². The summed E-state index contributed by atoms with van der Waals surface area (Å²) < 4.78 is 4.78. The number of rotatable bonds is 5. The molecule has 16 heavy (non-hydrogen) atoms. The number of aromatic nitrogens is 3. The van der Waals surface area contributed by atoms with E-state index in [1.165, 1.54) is 0 Å². The number of hydrogen-bond acceptors (Lipinski definition) is 5. The third-order valence-corrected chi connectivity index (χ3v) is 2.00. The second-order valence-electron chi connectivity index (χ2n) is 4.31. The summed E-state index contributed by atoms with van der Waals surface area (Å²) in [6, 6.07) is 0. The molecule has 1 aromatic heterocycles. The SMILES string of the molecule is CCOC(=O)c1n[nH]c(CCC(C)(C)N)n1. The highest BCUT2D eigenvalue weighted by Gasteiger charge is 2.15. The molecule has 0 amide bonds. The fourth-order valence-corrected chi connectivity index (χ4v) is 1.13. The smallest absolute Gasteiger partial charge is 0.378 e. The van der Waals surface area contributed by atoms with E-state index in [0.29, 0.717) is 18.9 Å². The molecule has 1 aromatic rings. The molecule has 3 N–H and O–H groups in total. The highest BCUT2D eigenvalue weighted by atomic mass is 16.5. The zero-order valence-electron chi connectivity index (χ0n) is 9.91. The molecule has 0 aliphatic carbocycles. The monoisotopic (exact) mass is 226 g/mol. The van der Waals surface area contributed by atoms with Crippen molar-refractivity contribution >= 4 is 5.97 Å². The maximum atomic E-state index is 11.3. The third kappa shape index (κ3) is 3.98. The summed E-state index contributed by atoms with van der Waals surface area (Å²) in [5.41, 5.74) is 5.59. The van der Waals surface area contributed by atoms with Crippen LogP contribution in [0.15, 0.2) is 0 Å². The number of nitrogens with two attached hydrogens (primary N) is 1. The predicted octanol–water partition coefficient (Wildman–Crippen LogP) is 0.651. The largest absolute Gasteiger partial charge is 0.460 e. The number of aromatic amines is 1. The van der Waals surface area contributed by atoms with Gasteiger partial charge in [0.2, 0.25) is 0 Å². The lowest BCUT2D eigenvalue weighted by molar-refractivity contribution is 0.0512. The standard InChI is InChI=1S/C10H18N4O2/c1-4-16-9(15)8-12-7(13-14-8)5-6-10(2,3)11/h4-6,11H2,1-3H3,(H,12,13,14). The second kappa shape index (κ2) is 5.07. The summed E-state index contributed by atoms with van der Waals surface area (Å²) in [4.78, 5) is 15.3. The van der Waals surface area contributed by atoms with Crippen LogP contribution in [0.5, 0.6) is 0 Å². The Morgan fingerprint density at radius 2 is 2.25 bits per heavy atom. The van der Waals surface area contributed by atoms with Crippen LogP contribution in [0.1, 0.15) is 43.6 Å². The maximum Gasteiger partial charge on any atom is 0.378 e. The summed E-state index contributed by atoms with van der Waals surface area (Å²) in [5, 5.41) is 6.48. The van der Waals surface area contributed by atoms with Crippen molar-refractivity contribution in [1.29, 1.82) is 0 Å². The normalized spacial score (nSPS) is 11.5. The van der Waals surface area contributed by atoms with Gasteiger partial charge in [-0.1, -0.05) is 0 Å². The topological polar surface area (TPSA) is 93.9 Å². The molecule has 0 aromatic carbocycles. The van der Waals surface area contributed by atoms with Gasteiger partial charge < -0.3 is 10.5 Å². The molecule has 0 unspecified atom stereocenters. The molecule has 0 spiro atoms. The van der Waals surface area contributed by atoms with Crippen LogP contribution in [-0.2, 0) is 11.2 Å². The molecule has 0 atom stereocenters. The van der Waals surface area contributed by atoms with Gasteiger partial charge in [0, 0.05) is 12.0 Å². The molecule has 0 aliphatic rings. The van der Waals surface area contributed by atoms with Gasteiger partial charge in [0.15, 0.2) is 0 Å². The molecule has 1 heterocycles. The van der Waals surface area contributed by atoms with Gasteiger partial charge in [-0.3, -0.25) is 5.10 Å². The van der Waals surface area contributed by atoms with Gasteiger partial charge >= 0.3 is 5.97 Å². The molecule has 0 saturated carbocycles. The number of H-pyrrole nitrogens is 1. The first-order valence-corrected chi connectivity index (χ1v) is 5.29. The van der Waals surface area contributed by atoms with Gasteiger partial charge in [-0.25, -0.2) is 9.78 Å². The van der Waals surface area contributed by atoms with E-state index in [0.717, 1.165) is 6.42 Å². The molecule has 0 saturated heterocycles. The molecule has 0 aliphatic heterocycles. The minimum absolute atomic E-state index is 0.0756. The average molecular weight is 226 g/mol. The van der Waals surface area contributed by atoms with Gasteiger partial charge in [-0.15, -0.1) is 5.10 Å². The lowest BCUT2D eigenvalue weighted by atomic mass is 10.0. The summed E-state index contributed by atoms with van der Waals surface area (Å²) in [6.07, 6.45) is 1.43. The van der Waals surface area contributed by atoms with E-state index in [1.54, 1.807) is 6.92 Å². The third-order valence-electron chi connectivity index (χ3n) is 2.00. The summed E-state index contributed by atoms with van der Waals surface area (Å²) >= 11 is 0. The summed E-state index contributed by atoms with van der Waals surface area (Å²) in [7, 11) is 0. The molecule has 0 radical (unpaired) electrons. The minimum Gasteiger partial charge on any atom is -0.460 e. The van der Waals surface area contributed by atoms with Crippen LogP contribution in [-0.4, -0.2) is 33.3 Å². The Morgan fingerprint density at radius 3 is 2.81 bits per heavy atom. The zero-order chi connectivity index (χ0) is 12.2. The molecule has 1 rings (SSSR count). The Labute approximate surface area is 94.6 Å². The Kier molecular flexibility index (Phi) is 4.00. The molecule has 6 nitrogen and oxygen atoms in total. The van der Waals surface area contributed by atoms with Crippen LogP contribution >= 0.6 is 0 Å². The lowest BCUT2D eigenvalue weighted by Crippen LogP contribution is -2.32. The van der Waals surface area contributed by atoms with Crippen LogP contribution in [0.2, 0.25) is 0 Å². The summed E-state index contributed by atoms with van der Waals surface area (Å²) in [5.74, 6) is 0.227. The van der Waals surface area contributed by atoms with Crippen molar-refractivity contribution in [2.24, 2.45) is 5.73 Å². The van der Waals surface area contributed by atoms with Gasteiger partial charge in [0.05, 0.1) is 6.61 Å². The number of esters is 1. The van der Waals surface area contributed by atoms with Crippen LogP contribution in [0.4, 0.5) is 0 Å². The number of aryl methyl sites for hydroxylation is 1. The number of carbonyl (C=O) groups excluding carboxylic acids is 1. The molecule has 6 heteroatoms. The van der Waals surface area contributed by atoms with Crippen molar-refractivity contribution in [3.8, 4) is 0 Å². The number of nitrogens with zero attached hydrogens (tertiary/aromatic N) is 2. The Hall–Kier alpha value is -1.43. The van der Waals surface area contributed by atoms with E-state index in [1.807, 2.05) is 13.8 Å². The Morgan fingerprint density at radius 1 is 1.56 bits per heavy atom. The van der Waals surface area contributed by atoms with E-state index < -0.39 is 5.97 Å². The molecule has 0 fully saturated rings. The zero-order valence-corrected chi connectivity index (χ0v) is 9.91. The van der Waals surface area contributed by atoms with Gasteiger partial charge in [-0.05, 0) is 27.2 Å². The van der Waals surface area contributed by atoms with Gasteiger partial charge in [0.1, 0.15) is 5.82 Å². The first-order valence-electron chi connectivity index (χ1n) is 5.29. The molecule has 0 bridgehead atoms. The molecular weight excluding hydrogens is 208 g/mol. The highest BCUT2D eigenvalue weighted by Crippen LogP contribution is 2.08.